The molecule has 1 heterocycles. The van der Waals surface area contributed by atoms with Crippen LogP contribution in [0, 0.1) is 0 Å². The van der Waals surface area contributed by atoms with Crippen molar-refractivity contribution >= 4 is 23.4 Å². The second-order valence-corrected chi connectivity index (χ2v) is 2.95. The summed E-state index contributed by atoms with van der Waals surface area (Å²) >= 11 is 0. The number of hydrogen-bond acceptors (Lipinski definition) is 2. The van der Waals surface area contributed by atoms with Crippen LogP contribution in [-0.2, 0) is 4.79 Å². The maximum Gasteiger partial charge on any atom is 0.204 e. The number of aromatic nitrogens is 1. The molecule has 0 saturated heterocycles. The fourth-order valence-electron chi connectivity index (χ4n) is 1.40. The highest BCUT2D eigenvalue weighted by molar-refractivity contribution is 5.86. The first-order valence-electron chi connectivity index (χ1n) is 4.62. The summed E-state index contributed by atoms with van der Waals surface area (Å²) in [5, 5.41) is 0.708. The van der Waals surface area contributed by atoms with Gasteiger partial charge in [-0.2, -0.15) is 0 Å². The largest absolute Gasteiger partial charge is 0.372 e. The minimum absolute atomic E-state index is 0.0393. The Kier molecular flexibility index (Phi) is 4.03. The molecule has 0 aliphatic heterocycles. The lowest BCUT2D eigenvalue weighted by Gasteiger charge is -1.99. The summed E-state index contributed by atoms with van der Waals surface area (Å²) in [7, 11) is 0. The number of carbonyl (C=O) groups excluding carboxylic acids is 1. The molecule has 3 N–H and O–H groups in total. The summed E-state index contributed by atoms with van der Waals surface area (Å²) < 4.78 is 0. The van der Waals surface area contributed by atoms with Gasteiger partial charge in [-0.1, -0.05) is 24.8 Å². The first-order valence-corrected chi connectivity index (χ1v) is 4.62. The molecule has 0 spiro atoms. The number of nitrogens with two attached hydrogens (primary N) is 1. The Labute approximate surface area is 92.4 Å². The molecule has 0 aliphatic rings. The van der Waals surface area contributed by atoms with Crippen molar-refractivity contribution in [3.8, 4) is 0 Å². The lowest BCUT2D eigenvalue weighted by atomic mass is 10.1. The van der Waals surface area contributed by atoms with Crippen molar-refractivity contribution in [2.45, 2.75) is 0 Å². The van der Waals surface area contributed by atoms with Crippen molar-refractivity contribution in [3.05, 3.63) is 52.8 Å². The summed E-state index contributed by atoms with van der Waals surface area (Å²) in [6.07, 6.45) is 3.63. The molecular weight excluding hydrogens is 204 g/mol. The molecule has 0 fully saturated rings. The second-order valence-electron chi connectivity index (χ2n) is 2.95. The van der Waals surface area contributed by atoms with Gasteiger partial charge in [0.25, 0.3) is 0 Å². The van der Waals surface area contributed by atoms with Crippen LogP contribution in [0.1, 0.15) is 5.56 Å². The summed E-state index contributed by atoms with van der Waals surface area (Å²) in [4.78, 5) is 23.0. The van der Waals surface area contributed by atoms with Gasteiger partial charge in [-0.25, -0.2) is 0 Å². The van der Waals surface area contributed by atoms with Gasteiger partial charge in [0.2, 0.25) is 6.41 Å². The third-order valence-electron chi connectivity index (χ3n) is 2.04. The van der Waals surface area contributed by atoms with E-state index in [1.807, 2.05) is 12.1 Å². The van der Waals surface area contributed by atoms with Gasteiger partial charge in [0.1, 0.15) is 0 Å². The molecule has 1 aromatic heterocycles. The van der Waals surface area contributed by atoms with Gasteiger partial charge in [0.05, 0.1) is 5.52 Å². The minimum Gasteiger partial charge on any atom is -0.372 e. The average Bonchev–Trinajstić information content (AvgIpc) is 2.30. The summed E-state index contributed by atoms with van der Waals surface area (Å²) in [5.41, 5.74) is 6.01. The van der Waals surface area contributed by atoms with Crippen LogP contribution in [0.4, 0.5) is 0 Å². The van der Waals surface area contributed by atoms with E-state index in [1.165, 1.54) is 6.07 Å². The fourth-order valence-corrected chi connectivity index (χ4v) is 1.40. The normalized spacial score (nSPS) is 9.00. The van der Waals surface area contributed by atoms with Crippen molar-refractivity contribution in [1.29, 1.82) is 0 Å². The molecule has 0 saturated carbocycles. The third kappa shape index (κ3) is 2.36. The molecule has 0 aliphatic carbocycles. The summed E-state index contributed by atoms with van der Waals surface area (Å²) in [5.74, 6) is 0. The number of carbonyl (C=O) groups is 1. The zero-order valence-corrected chi connectivity index (χ0v) is 8.64. The topological polar surface area (TPSA) is 75.9 Å². The number of nitrogens with one attached hydrogen (secondary N) is 1. The molecule has 0 unspecified atom stereocenters. The highest BCUT2D eigenvalue weighted by Crippen LogP contribution is 2.13. The van der Waals surface area contributed by atoms with E-state index in [1.54, 1.807) is 18.3 Å². The molecule has 4 nitrogen and oxygen atoms in total. The highest BCUT2D eigenvalue weighted by Gasteiger charge is 1.99. The number of amides is 1. The zero-order chi connectivity index (χ0) is 12.0. The number of aromatic amines is 1. The van der Waals surface area contributed by atoms with Crippen molar-refractivity contribution < 1.29 is 4.79 Å². The number of hydrogen-bond donors (Lipinski definition) is 2. The lowest BCUT2D eigenvalue weighted by Crippen LogP contribution is -2.00. The van der Waals surface area contributed by atoms with Gasteiger partial charge in [0.15, 0.2) is 5.43 Å². The predicted octanol–water partition coefficient (Wildman–Crippen LogP) is 1.27. The van der Waals surface area contributed by atoms with Crippen LogP contribution < -0.4 is 11.2 Å². The Morgan fingerprint density at radius 3 is 2.62 bits per heavy atom. The van der Waals surface area contributed by atoms with Gasteiger partial charge in [-0.3, -0.25) is 9.59 Å². The lowest BCUT2D eigenvalue weighted by molar-refractivity contribution is -0.106. The average molecular weight is 216 g/mol. The SMILES string of the molecule is C=Cc1cccc2c(=O)cc[nH]c12.NC=O. The summed E-state index contributed by atoms with van der Waals surface area (Å²) in [6, 6.07) is 7.11. The number of pyridine rings is 1. The molecule has 0 radical (unpaired) electrons. The Morgan fingerprint density at radius 2 is 2.00 bits per heavy atom. The van der Waals surface area contributed by atoms with E-state index >= 15 is 0 Å². The van der Waals surface area contributed by atoms with E-state index in [-0.39, 0.29) is 11.8 Å². The van der Waals surface area contributed by atoms with Crippen LogP contribution in [0.2, 0.25) is 0 Å². The van der Waals surface area contributed by atoms with E-state index in [4.69, 9.17) is 4.79 Å². The number of fused-ring (bicyclic) bond motifs is 1. The Morgan fingerprint density at radius 1 is 1.31 bits per heavy atom. The van der Waals surface area contributed by atoms with Gasteiger partial charge >= 0.3 is 0 Å². The van der Waals surface area contributed by atoms with Crippen molar-refractivity contribution in [2.24, 2.45) is 5.73 Å². The molecule has 4 heteroatoms. The molecule has 2 rings (SSSR count). The Hall–Kier alpha value is -2.36. The number of rotatable bonds is 1. The standard InChI is InChI=1S/C11H9NO.CH3NO/c1-2-8-4-3-5-9-10(13)6-7-12-11(8)9;2-1-3/h2-7H,1H2,(H,12,13);1H,(H2,2,3). The van der Waals surface area contributed by atoms with Gasteiger partial charge < -0.3 is 10.7 Å². The van der Waals surface area contributed by atoms with Crippen molar-refractivity contribution in [1.82, 2.24) is 4.98 Å². The number of primary amides is 1. The first kappa shape index (κ1) is 11.7. The number of benzene rings is 1. The van der Waals surface area contributed by atoms with E-state index in [2.05, 4.69) is 17.3 Å². The van der Waals surface area contributed by atoms with Crippen LogP contribution >= 0.6 is 0 Å². The highest BCUT2D eigenvalue weighted by atomic mass is 16.1. The zero-order valence-electron chi connectivity index (χ0n) is 8.64. The van der Waals surface area contributed by atoms with Crippen LogP contribution in [0.5, 0.6) is 0 Å². The minimum atomic E-state index is 0.0393. The van der Waals surface area contributed by atoms with Gasteiger partial charge in [0, 0.05) is 17.6 Å². The van der Waals surface area contributed by atoms with E-state index in [0.717, 1.165) is 11.1 Å². The van der Waals surface area contributed by atoms with Crippen LogP contribution in [0.25, 0.3) is 17.0 Å². The fraction of sp³-hybridized carbons (Fsp3) is 0. The van der Waals surface area contributed by atoms with E-state index in [9.17, 15) is 4.79 Å². The Bertz CT molecular complexity index is 558. The second kappa shape index (κ2) is 5.50. The Balaban J connectivity index is 0.000000386. The van der Waals surface area contributed by atoms with E-state index in [0.29, 0.717) is 5.39 Å². The van der Waals surface area contributed by atoms with E-state index < -0.39 is 0 Å². The molecule has 2 aromatic rings. The molecule has 16 heavy (non-hydrogen) atoms. The van der Waals surface area contributed by atoms with Crippen LogP contribution in [-0.4, -0.2) is 11.4 Å². The maximum atomic E-state index is 11.4. The van der Waals surface area contributed by atoms with Crippen LogP contribution in [0.3, 0.4) is 0 Å². The monoisotopic (exact) mass is 216 g/mol. The third-order valence-corrected chi connectivity index (χ3v) is 2.04. The number of H-pyrrole nitrogens is 1. The molecule has 82 valence electrons. The van der Waals surface area contributed by atoms with Crippen molar-refractivity contribution in [2.75, 3.05) is 0 Å². The smallest absolute Gasteiger partial charge is 0.204 e. The first-order chi connectivity index (χ1) is 7.74. The molecular formula is C12H12N2O2. The molecule has 0 bridgehead atoms. The maximum absolute atomic E-state index is 11.4. The number of para-hydroxylation sites is 1. The molecule has 0 atom stereocenters. The van der Waals surface area contributed by atoms with Gasteiger partial charge in [-0.15, -0.1) is 0 Å². The molecule has 1 aromatic carbocycles. The molecule has 1 amide bonds. The summed E-state index contributed by atoms with van der Waals surface area (Å²) in [6.45, 7) is 3.69. The predicted molar refractivity (Wildman–Crippen MR) is 64.9 cm³/mol. The quantitative estimate of drug-likeness (QED) is 0.704. The van der Waals surface area contributed by atoms with Crippen LogP contribution in [0.15, 0.2) is 41.8 Å². The van der Waals surface area contributed by atoms with Crippen molar-refractivity contribution in [3.63, 3.8) is 0 Å². The van der Waals surface area contributed by atoms with Gasteiger partial charge in [-0.05, 0) is 11.6 Å².